The predicted molar refractivity (Wildman–Crippen MR) is 108 cm³/mol. The Morgan fingerprint density at radius 2 is 1.96 bits per heavy atom. The molecule has 2 rings (SSSR count). The van der Waals surface area contributed by atoms with Gasteiger partial charge in [-0.05, 0) is 43.2 Å². The van der Waals surface area contributed by atoms with Crippen molar-refractivity contribution in [3.05, 3.63) is 53.7 Å². The first kappa shape index (κ1) is 19.6. The van der Waals surface area contributed by atoms with E-state index in [0.29, 0.717) is 13.1 Å². The van der Waals surface area contributed by atoms with Crippen LogP contribution < -0.4 is 20.4 Å². The molecule has 0 unspecified atom stereocenters. The SMILES string of the molecule is CCN(CCNC(=O)NCc1ccc(N(C)C)nc1)c1cccc(C)c1. The molecule has 1 aromatic heterocycles. The second kappa shape index (κ2) is 9.65. The van der Waals surface area contributed by atoms with E-state index in [1.165, 1.54) is 11.3 Å². The highest BCUT2D eigenvalue weighted by Gasteiger charge is 2.06. The average molecular weight is 355 g/mol. The molecular weight excluding hydrogens is 326 g/mol. The van der Waals surface area contributed by atoms with Gasteiger partial charge in [0.2, 0.25) is 0 Å². The van der Waals surface area contributed by atoms with Crippen LogP contribution >= 0.6 is 0 Å². The normalized spacial score (nSPS) is 10.3. The number of hydrogen-bond donors (Lipinski definition) is 2. The van der Waals surface area contributed by atoms with Gasteiger partial charge in [-0.3, -0.25) is 0 Å². The second-order valence-electron chi connectivity index (χ2n) is 6.45. The zero-order chi connectivity index (χ0) is 18.9. The zero-order valence-corrected chi connectivity index (χ0v) is 16.1. The number of anilines is 2. The molecule has 0 aliphatic carbocycles. The fourth-order valence-corrected chi connectivity index (χ4v) is 2.63. The maximum Gasteiger partial charge on any atom is 0.315 e. The van der Waals surface area contributed by atoms with Crippen LogP contribution in [0.3, 0.4) is 0 Å². The summed E-state index contributed by atoms with van der Waals surface area (Å²) in [6.07, 6.45) is 1.78. The fraction of sp³-hybridized carbons (Fsp3) is 0.400. The van der Waals surface area contributed by atoms with E-state index in [0.717, 1.165) is 24.5 Å². The molecule has 140 valence electrons. The monoisotopic (exact) mass is 355 g/mol. The standard InChI is InChI=1S/C20H29N5O/c1-5-25(18-8-6-7-16(2)13-18)12-11-21-20(26)23-15-17-9-10-19(22-14-17)24(3)4/h6-10,13-14H,5,11-12,15H2,1-4H3,(H2,21,23,26). The summed E-state index contributed by atoms with van der Waals surface area (Å²) >= 11 is 0. The third-order valence-corrected chi connectivity index (χ3v) is 4.14. The summed E-state index contributed by atoms with van der Waals surface area (Å²) in [5.41, 5.74) is 3.39. The van der Waals surface area contributed by atoms with Crippen LogP contribution in [-0.2, 0) is 6.54 Å². The number of nitrogens with one attached hydrogen (secondary N) is 2. The van der Waals surface area contributed by atoms with E-state index in [2.05, 4.69) is 58.6 Å². The van der Waals surface area contributed by atoms with Crippen LogP contribution in [-0.4, -0.2) is 44.7 Å². The third-order valence-electron chi connectivity index (χ3n) is 4.14. The number of amides is 2. The van der Waals surface area contributed by atoms with E-state index in [4.69, 9.17) is 0 Å². The summed E-state index contributed by atoms with van der Waals surface area (Å²) in [6.45, 7) is 6.92. The maximum atomic E-state index is 12.0. The van der Waals surface area contributed by atoms with Gasteiger partial charge in [-0.15, -0.1) is 0 Å². The lowest BCUT2D eigenvalue weighted by Crippen LogP contribution is -2.40. The molecule has 0 radical (unpaired) electrons. The third kappa shape index (κ3) is 5.95. The summed E-state index contributed by atoms with van der Waals surface area (Å²) in [7, 11) is 3.90. The molecular formula is C20H29N5O. The first-order valence-corrected chi connectivity index (χ1v) is 8.95. The Hall–Kier alpha value is -2.76. The van der Waals surface area contributed by atoms with E-state index in [1.54, 1.807) is 6.20 Å². The van der Waals surface area contributed by atoms with Crippen molar-refractivity contribution in [2.24, 2.45) is 0 Å². The van der Waals surface area contributed by atoms with Crippen molar-refractivity contribution in [1.29, 1.82) is 0 Å². The molecule has 2 aromatic rings. The van der Waals surface area contributed by atoms with Gasteiger partial charge in [-0.1, -0.05) is 18.2 Å². The molecule has 6 heteroatoms. The number of pyridine rings is 1. The largest absolute Gasteiger partial charge is 0.370 e. The van der Waals surface area contributed by atoms with E-state index in [9.17, 15) is 4.79 Å². The first-order chi connectivity index (χ1) is 12.5. The summed E-state index contributed by atoms with van der Waals surface area (Å²) < 4.78 is 0. The Balaban J connectivity index is 1.74. The van der Waals surface area contributed by atoms with Crippen LogP contribution in [0.1, 0.15) is 18.1 Å². The number of carbonyl (C=O) groups excluding carboxylic acids is 1. The summed E-state index contributed by atoms with van der Waals surface area (Å²) in [5, 5.41) is 5.78. The maximum absolute atomic E-state index is 12.0. The van der Waals surface area contributed by atoms with Crippen molar-refractivity contribution >= 4 is 17.5 Å². The van der Waals surface area contributed by atoms with Gasteiger partial charge in [0.25, 0.3) is 0 Å². The fourth-order valence-electron chi connectivity index (χ4n) is 2.63. The number of aryl methyl sites for hydroxylation is 1. The highest BCUT2D eigenvalue weighted by molar-refractivity contribution is 5.73. The average Bonchev–Trinajstić information content (AvgIpc) is 2.64. The number of likely N-dealkylation sites (N-methyl/N-ethyl adjacent to an activating group) is 1. The summed E-state index contributed by atoms with van der Waals surface area (Å²) in [4.78, 5) is 20.5. The Morgan fingerprint density at radius 3 is 2.58 bits per heavy atom. The highest BCUT2D eigenvalue weighted by Crippen LogP contribution is 2.15. The van der Waals surface area contributed by atoms with Crippen LogP contribution in [0.4, 0.5) is 16.3 Å². The summed E-state index contributed by atoms with van der Waals surface area (Å²) in [6, 6.07) is 12.2. The number of rotatable bonds is 8. The minimum atomic E-state index is -0.165. The molecule has 1 aromatic carbocycles. The van der Waals surface area contributed by atoms with Gasteiger partial charge >= 0.3 is 6.03 Å². The van der Waals surface area contributed by atoms with Crippen molar-refractivity contribution in [3.63, 3.8) is 0 Å². The molecule has 0 fully saturated rings. The lowest BCUT2D eigenvalue weighted by atomic mass is 10.2. The molecule has 26 heavy (non-hydrogen) atoms. The van der Waals surface area contributed by atoms with Gasteiger partial charge in [0.05, 0.1) is 0 Å². The predicted octanol–water partition coefficient (Wildman–Crippen LogP) is 2.78. The van der Waals surface area contributed by atoms with E-state index >= 15 is 0 Å². The molecule has 0 saturated carbocycles. The number of aromatic nitrogens is 1. The first-order valence-electron chi connectivity index (χ1n) is 8.95. The van der Waals surface area contributed by atoms with Crippen molar-refractivity contribution in [3.8, 4) is 0 Å². The smallest absolute Gasteiger partial charge is 0.315 e. The van der Waals surface area contributed by atoms with Gasteiger partial charge < -0.3 is 20.4 Å². The van der Waals surface area contributed by atoms with Crippen molar-refractivity contribution < 1.29 is 4.79 Å². The molecule has 0 atom stereocenters. The topological polar surface area (TPSA) is 60.5 Å². The Morgan fingerprint density at radius 1 is 1.15 bits per heavy atom. The van der Waals surface area contributed by atoms with Crippen molar-refractivity contribution in [2.75, 3.05) is 43.5 Å². The second-order valence-corrected chi connectivity index (χ2v) is 6.45. The molecule has 2 amide bonds. The van der Waals surface area contributed by atoms with Crippen molar-refractivity contribution in [1.82, 2.24) is 15.6 Å². The van der Waals surface area contributed by atoms with Crippen LogP contribution in [0, 0.1) is 6.92 Å². The van der Waals surface area contributed by atoms with Crippen LogP contribution in [0.15, 0.2) is 42.6 Å². The minimum Gasteiger partial charge on any atom is -0.370 e. The lowest BCUT2D eigenvalue weighted by Gasteiger charge is -2.23. The van der Waals surface area contributed by atoms with E-state index in [1.807, 2.05) is 31.1 Å². The molecule has 0 spiro atoms. The van der Waals surface area contributed by atoms with Gasteiger partial charge in [0.1, 0.15) is 5.82 Å². The Kier molecular flexibility index (Phi) is 7.26. The molecule has 0 saturated heterocycles. The van der Waals surface area contributed by atoms with Crippen LogP contribution in [0.25, 0.3) is 0 Å². The van der Waals surface area contributed by atoms with E-state index < -0.39 is 0 Å². The number of urea groups is 1. The molecule has 0 aliphatic rings. The van der Waals surface area contributed by atoms with Gasteiger partial charge in [-0.2, -0.15) is 0 Å². The Labute approximate surface area is 156 Å². The molecule has 1 heterocycles. The van der Waals surface area contributed by atoms with Gasteiger partial charge in [-0.25, -0.2) is 9.78 Å². The number of carbonyl (C=O) groups is 1. The van der Waals surface area contributed by atoms with E-state index in [-0.39, 0.29) is 6.03 Å². The molecule has 0 aliphatic heterocycles. The summed E-state index contributed by atoms with van der Waals surface area (Å²) in [5.74, 6) is 0.897. The number of hydrogen-bond acceptors (Lipinski definition) is 4. The molecule has 0 bridgehead atoms. The minimum absolute atomic E-state index is 0.165. The highest BCUT2D eigenvalue weighted by atomic mass is 16.2. The number of benzene rings is 1. The lowest BCUT2D eigenvalue weighted by molar-refractivity contribution is 0.240. The molecule has 2 N–H and O–H groups in total. The van der Waals surface area contributed by atoms with Crippen LogP contribution in [0.2, 0.25) is 0 Å². The van der Waals surface area contributed by atoms with Crippen molar-refractivity contribution in [2.45, 2.75) is 20.4 Å². The quantitative estimate of drug-likeness (QED) is 0.764. The zero-order valence-electron chi connectivity index (χ0n) is 16.1. The van der Waals surface area contributed by atoms with Crippen LogP contribution in [0.5, 0.6) is 0 Å². The van der Waals surface area contributed by atoms with Gasteiger partial charge in [0, 0.05) is 52.2 Å². The number of nitrogens with zero attached hydrogens (tertiary/aromatic N) is 3. The Bertz CT molecular complexity index is 700. The molecule has 6 nitrogen and oxygen atoms in total. The van der Waals surface area contributed by atoms with Gasteiger partial charge in [0.15, 0.2) is 0 Å².